The van der Waals surface area contributed by atoms with Gasteiger partial charge in [0.05, 0.1) is 5.02 Å². The summed E-state index contributed by atoms with van der Waals surface area (Å²) in [4.78, 5) is 29.9. The Morgan fingerprint density at radius 1 is 1.06 bits per heavy atom. The zero-order valence-electron chi connectivity index (χ0n) is 17.4. The lowest BCUT2D eigenvalue weighted by Crippen LogP contribution is -2.08. The van der Waals surface area contributed by atoms with Gasteiger partial charge in [-0.3, -0.25) is 0 Å². The molecule has 0 spiro atoms. The molecular formula is C26H16ClNO4S. The normalized spacial score (nSPS) is 14.4. The first kappa shape index (κ1) is 21.1. The Bertz CT molecular complexity index is 1470. The van der Waals surface area contributed by atoms with Crippen molar-refractivity contribution in [2.45, 2.75) is 6.92 Å². The molecule has 4 aromatic rings. The molecule has 2 heterocycles. The van der Waals surface area contributed by atoms with Crippen molar-refractivity contribution in [3.63, 3.8) is 0 Å². The number of esters is 2. The summed E-state index contributed by atoms with van der Waals surface area (Å²) in [5.74, 6) is -0.616. The third-order valence-corrected chi connectivity index (χ3v) is 6.66. The Kier molecular flexibility index (Phi) is 5.54. The quantitative estimate of drug-likeness (QED) is 0.195. The van der Waals surface area contributed by atoms with E-state index in [0.717, 1.165) is 15.6 Å². The fourth-order valence-electron chi connectivity index (χ4n) is 3.40. The van der Waals surface area contributed by atoms with Crippen LogP contribution in [0.4, 0.5) is 0 Å². The van der Waals surface area contributed by atoms with Gasteiger partial charge in [-0.05, 0) is 42.8 Å². The number of aryl methyl sites for hydroxylation is 1. The second-order valence-electron chi connectivity index (χ2n) is 7.37. The minimum atomic E-state index is -0.571. The second kappa shape index (κ2) is 8.65. The van der Waals surface area contributed by atoms with E-state index in [1.807, 2.05) is 43.3 Å². The lowest BCUT2D eigenvalue weighted by Gasteiger charge is -2.07. The number of aliphatic imine (C=N–C) groups is 1. The van der Waals surface area contributed by atoms with Gasteiger partial charge < -0.3 is 9.47 Å². The van der Waals surface area contributed by atoms with Crippen LogP contribution < -0.4 is 4.74 Å². The van der Waals surface area contributed by atoms with Crippen molar-refractivity contribution in [3.05, 3.63) is 105 Å². The van der Waals surface area contributed by atoms with Gasteiger partial charge in [-0.2, -0.15) is 0 Å². The minimum Gasteiger partial charge on any atom is -0.422 e. The van der Waals surface area contributed by atoms with Crippen LogP contribution in [0.15, 0.2) is 83.5 Å². The summed E-state index contributed by atoms with van der Waals surface area (Å²) in [5.41, 5.74) is 2.41. The summed E-state index contributed by atoms with van der Waals surface area (Å²) >= 11 is 7.74. The molecule has 0 saturated carbocycles. The second-order valence-corrected chi connectivity index (χ2v) is 8.80. The number of carbonyl (C=O) groups excluding carboxylic acids is 2. The topological polar surface area (TPSA) is 65.0 Å². The Labute approximate surface area is 198 Å². The first-order chi connectivity index (χ1) is 16.0. The molecule has 0 N–H and O–H groups in total. The smallest absolute Gasteiger partial charge is 0.363 e. The van der Waals surface area contributed by atoms with E-state index in [2.05, 4.69) is 4.99 Å². The summed E-state index contributed by atoms with van der Waals surface area (Å²) < 4.78 is 11.9. The number of rotatable bonds is 4. The molecule has 0 unspecified atom stereocenters. The molecule has 0 amide bonds. The molecule has 0 radical (unpaired) electrons. The van der Waals surface area contributed by atoms with Gasteiger partial charge in [0.2, 0.25) is 5.90 Å². The highest BCUT2D eigenvalue weighted by Crippen LogP contribution is 2.37. The predicted molar refractivity (Wildman–Crippen MR) is 130 cm³/mol. The van der Waals surface area contributed by atoms with Crippen LogP contribution in [0.3, 0.4) is 0 Å². The largest absolute Gasteiger partial charge is 0.422 e. The zero-order valence-corrected chi connectivity index (χ0v) is 18.9. The van der Waals surface area contributed by atoms with Crippen LogP contribution in [0.5, 0.6) is 5.75 Å². The maximum atomic E-state index is 12.9. The van der Waals surface area contributed by atoms with E-state index in [1.54, 1.807) is 36.4 Å². The molecule has 162 valence electrons. The fourth-order valence-corrected chi connectivity index (χ4v) is 4.89. The lowest BCUT2D eigenvalue weighted by molar-refractivity contribution is -0.129. The van der Waals surface area contributed by atoms with E-state index in [4.69, 9.17) is 21.1 Å². The van der Waals surface area contributed by atoms with Crippen LogP contribution in [0.25, 0.3) is 16.2 Å². The highest BCUT2D eigenvalue weighted by atomic mass is 35.5. The van der Waals surface area contributed by atoms with Gasteiger partial charge in [0.25, 0.3) is 0 Å². The van der Waals surface area contributed by atoms with Gasteiger partial charge in [-0.25, -0.2) is 14.6 Å². The molecule has 5 nitrogen and oxygen atoms in total. The molecule has 1 aliphatic rings. The van der Waals surface area contributed by atoms with Gasteiger partial charge in [-0.1, -0.05) is 60.1 Å². The van der Waals surface area contributed by atoms with Crippen LogP contribution in [-0.4, -0.2) is 17.8 Å². The van der Waals surface area contributed by atoms with E-state index < -0.39 is 11.9 Å². The van der Waals surface area contributed by atoms with Crippen molar-refractivity contribution in [1.29, 1.82) is 0 Å². The van der Waals surface area contributed by atoms with E-state index in [9.17, 15) is 9.59 Å². The highest BCUT2D eigenvalue weighted by Gasteiger charge is 2.25. The van der Waals surface area contributed by atoms with E-state index in [0.29, 0.717) is 21.0 Å². The first-order valence-electron chi connectivity index (χ1n) is 10.1. The molecule has 1 aromatic heterocycles. The number of fused-ring (bicyclic) bond motifs is 1. The fraction of sp³-hybridized carbons (Fsp3) is 0.0385. The lowest BCUT2D eigenvalue weighted by atomic mass is 10.1. The van der Waals surface area contributed by atoms with Gasteiger partial charge >= 0.3 is 11.9 Å². The SMILES string of the molecule is Cc1ccc2c(Cl)c(C(=O)Oc3ccccc3/C=C3/N=C(c4ccccc4)OC3=O)sc2c1. The summed E-state index contributed by atoms with van der Waals surface area (Å²) in [7, 11) is 0. The van der Waals surface area contributed by atoms with Crippen molar-refractivity contribution < 1.29 is 19.1 Å². The van der Waals surface area contributed by atoms with Crippen LogP contribution in [0.1, 0.15) is 26.4 Å². The number of ether oxygens (including phenoxy) is 2. The summed E-state index contributed by atoms with van der Waals surface area (Å²) in [6.07, 6.45) is 1.54. The van der Waals surface area contributed by atoms with Crippen LogP contribution in [0.2, 0.25) is 5.02 Å². The van der Waals surface area contributed by atoms with E-state index in [-0.39, 0.29) is 17.3 Å². The third kappa shape index (κ3) is 4.18. The van der Waals surface area contributed by atoms with Crippen molar-refractivity contribution in [2.75, 3.05) is 0 Å². The first-order valence-corrected chi connectivity index (χ1v) is 11.3. The Balaban J connectivity index is 1.45. The van der Waals surface area contributed by atoms with Crippen LogP contribution in [-0.2, 0) is 9.53 Å². The number of thiophene rings is 1. The standard InChI is InChI=1S/C26H16ClNO4S/c1-15-11-12-18-21(13-15)33-23(22(18)27)26(30)31-20-10-6-5-9-17(20)14-19-25(29)32-24(28-19)16-7-3-2-4-8-16/h2-14H,1H3/b19-14+. The van der Waals surface area contributed by atoms with Crippen molar-refractivity contribution in [1.82, 2.24) is 0 Å². The molecule has 0 aliphatic carbocycles. The van der Waals surface area contributed by atoms with Gasteiger partial charge in [-0.15, -0.1) is 11.3 Å². The monoisotopic (exact) mass is 473 g/mol. The number of halogens is 1. The number of para-hydroxylation sites is 1. The molecular weight excluding hydrogens is 458 g/mol. The van der Waals surface area contributed by atoms with E-state index >= 15 is 0 Å². The number of hydrogen-bond donors (Lipinski definition) is 0. The molecule has 0 atom stereocenters. The number of nitrogens with zero attached hydrogens (tertiary/aromatic N) is 1. The number of benzene rings is 3. The molecule has 33 heavy (non-hydrogen) atoms. The van der Waals surface area contributed by atoms with Crippen LogP contribution in [0, 0.1) is 6.92 Å². The Hall–Kier alpha value is -3.74. The molecule has 5 rings (SSSR count). The number of carbonyl (C=O) groups is 2. The Morgan fingerprint density at radius 2 is 1.82 bits per heavy atom. The summed E-state index contributed by atoms with van der Waals surface area (Å²) in [6.45, 7) is 1.98. The molecule has 0 saturated heterocycles. The third-order valence-electron chi connectivity index (χ3n) is 5.03. The van der Waals surface area contributed by atoms with Crippen molar-refractivity contribution in [3.8, 4) is 5.75 Å². The summed E-state index contributed by atoms with van der Waals surface area (Å²) in [5, 5.41) is 1.18. The van der Waals surface area contributed by atoms with Gasteiger partial charge in [0, 0.05) is 21.2 Å². The highest BCUT2D eigenvalue weighted by molar-refractivity contribution is 7.21. The zero-order chi connectivity index (χ0) is 22.9. The minimum absolute atomic E-state index is 0.118. The molecule has 1 aliphatic heterocycles. The maximum Gasteiger partial charge on any atom is 0.363 e. The molecule has 3 aromatic carbocycles. The number of cyclic esters (lactones) is 1. The van der Waals surface area contributed by atoms with Crippen molar-refractivity contribution in [2.24, 2.45) is 4.99 Å². The average molecular weight is 474 g/mol. The Morgan fingerprint density at radius 3 is 2.64 bits per heavy atom. The van der Waals surface area contributed by atoms with Gasteiger partial charge in [0.1, 0.15) is 10.6 Å². The molecule has 0 fully saturated rings. The predicted octanol–water partition coefficient (Wildman–Crippen LogP) is 6.43. The molecule has 0 bridgehead atoms. The number of hydrogen-bond acceptors (Lipinski definition) is 6. The van der Waals surface area contributed by atoms with E-state index in [1.165, 1.54) is 17.4 Å². The molecule has 7 heteroatoms. The average Bonchev–Trinajstić information content (AvgIpc) is 3.35. The van der Waals surface area contributed by atoms with Crippen molar-refractivity contribution >= 4 is 56.9 Å². The maximum absolute atomic E-state index is 12.9. The van der Waals surface area contributed by atoms with Gasteiger partial charge in [0.15, 0.2) is 5.70 Å². The van der Waals surface area contributed by atoms with Crippen LogP contribution >= 0.6 is 22.9 Å². The summed E-state index contributed by atoms with van der Waals surface area (Å²) in [6, 6.07) is 21.9.